The molecule has 1 heterocycles. The molecule has 1 fully saturated rings. The number of rotatable bonds is 7. The Morgan fingerprint density at radius 3 is 2.16 bits per heavy atom. The van der Waals surface area contributed by atoms with E-state index < -0.39 is 42.0 Å². The van der Waals surface area contributed by atoms with Gasteiger partial charge < -0.3 is 20.7 Å². The average Bonchev–Trinajstić information content (AvgIpc) is 2.67. The number of esters is 1. The first-order chi connectivity index (χ1) is 14.5. The number of hydrogen-bond donors (Lipinski definition) is 3. The minimum atomic E-state index is -0.854. The molecule has 1 aliphatic rings. The van der Waals surface area contributed by atoms with Crippen molar-refractivity contribution >= 4 is 23.7 Å². The summed E-state index contributed by atoms with van der Waals surface area (Å²) in [5, 5.41) is 8.15. The molecule has 0 aliphatic carbocycles. The first-order valence-corrected chi connectivity index (χ1v) is 11.6. The van der Waals surface area contributed by atoms with Crippen molar-refractivity contribution in [2.45, 2.75) is 105 Å². The molecule has 0 aromatic carbocycles. The Kier molecular flexibility index (Phi) is 11.0. The molecular weight excluding hydrogens is 398 g/mol. The monoisotopic (exact) mass is 439 g/mol. The van der Waals surface area contributed by atoms with E-state index in [4.69, 9.17) is 4.74 Å². The van der Waals surface area contributed by atoms with Gasteiger partial charge in [0.15, 0.2) is 0 Å². The lowest BCUT2D eigenvalue weighted by Crippen LogP contribution is -2.55. The zero-order chi connectivity index (χ0) is 23.7. The highest BCUT2D eigenvalue weighted by Gasteiger charge is 2.34. The van der Waals surface area contributed by atoms with Crippen LogP contribution in [0.4, 0.5) is 0 Å². The summed E-state index contributed by atoms with van der Waals surface area (Å²) in [5.41, 5.74) is 0. The van der Waals surface area contributed by atoms with Crippen LogP contribution < -0.4 is 16.0 Å². The van der Waals surface area contributed by atoms with E-state index in [0.717, 1.165) is 19.3 Å². The number of nitrogens with one attached hydrogen (secondary N) is 3. The van der Waals surface area contributed by atoms with Crippen LogP contribution in [-0.2, 0) is 23.9 Å². The van der Waals surface area contributed by atoms with Gasteiger partial charge in [0.2, 0.25) is 17.7 Å². The minimum Gasteiger partial charge on any atom is -0.460 e. The molecule has 3 N–H and O–H groups in total. The van der Waals surface area contributed by atoms with E-state index in [-0.39, 0.29) is 30.1 Å². The highest BCUT2D eigenvalue weighted by Crippen LogP contribution is 2.20. The normalized spacial score (nSPS) is 27.4. The second-order valence-electron chi connectivity index (χ2n) is 9.51. The van der Waals surface area contributed by atoms with Crippen LogP contribution in [-0.4, -0.2) is 47.9 Å². The van der Waals surface area contributed by atoms with Gasteiger partial charge in [0.25, 0.3) is 0 Å². The van der Waals surface area contributed by atoms with Crippen LogP contribution in [0.5, 0.6) is 0 Å². The predicted molar refractivity (Wildman–Crippen MR) is 119 cm³/mol. The van der Waals surface area contributed by atoms with Crippen LogP contribution in [0.25, 0.3) is 0 Å². The summed E-state index contributed by atoms with van der Waals surface area (Å²) in [6.07, 6.45) is 2.52. The molecule has 0 saturated carbocycles. The average molecular weight is 440 g/mol. The van der Waals surface area contributed by atoms with Crippen molar-refractivity contribution in [2.75, 3.05) is 0 Å². The smallest absolute Gasteiger partial charge is 0.328 e. The third-order valence-electron chi connectivity index (χ3n) is 5.63. The van der Waals surface area contributed by atoms with Crippen LogP contribution in [0.2, 0.25) is 0 Å². The SMILES string of the molecule is CCCCC(C)C1CC(=O)NC(C(C)C)C(=O)NC(C)C(=O)NC(CC(C)C)C(=O)O1. The fourth-order valence-corrected chi connectivity index (χ4v) is 3.60. The molecule has 0 aromatic rings. The van der Waals surface area contributed by atoms with Crippen LogP contribution in [0.3, 0.4) is 0 Å². The van der Waals surface area contributed by atoms with Gasteiger partial charge in [0.1, 0.15) is 24.2 Å². The summed E-state index contributed by atoms with van der Waals surface area (Å²) in [6, 6.07) is -2.47. The number of amides is 3. The summed E-state index contributed by atoms with van der Waals surface area (Å²) < 4.78 is 5.79. The fourth-order valence-electron chi connectivity index (χ4n) is 3.60. The van der Waals surface area contributed by atoms with E-state index in [0.29, 0.717) is 6.42 Å². The Morgan fingerprint density at radius 2 is 1.61 bits per heavy atom. The topological polar surface area (TPSA) is 114 Å². The van der Waals surface area contributed by atoms with Crippen molar-refractivity contribution in [3.63, 3.8) is 0 Å². The number of carbonyl (C=O) groups excluding carboxylic acids is 4. The molecule has 31 heavy (non-hydrogen) atoms. The standard InChI is InChI=1S/C23H41N3O5/c1-8-9-10-15(6)18-12-19(27)26-20(14(4)5)22(29)24-16(7)21(28)25-17(11-13(2)3)23(30)31-18/h13-18,20H,8-12H2,1-7H3,(H,24,29)(H,25,28)(H,26,27). The van der Waals surface area contributed by atoms with Gasteiger partial charge in [-0.15, -0.1) is 0 Å². The molecule has 3 amide bonds. The maximum atomic E-state index is 13.0. The summed E-state index contributed by atoms with van der Waals surface area (Å²) in [6.45, 7) is 13.2. The van der Waals surface area contributed by atoms with Gasteiger partial charge in [-0.2, -0.15) is 0 Å². The zero-order valence-corrected chi connectivity index (χ0v) is 20.1. The van der Waals surface area contributed by atoms with Gasteiger partial charge in [0.05, 0.1) is 6.42 Å². The molecule has 178 valence electrons. The Labute approximate surface area is 186 Å². The molecule has 0 spiro atoms. The van der Waals surface area contributed by atoms with Gasteiger partial charge in [-0.05, 0) is 37.5 Å². The quantitative estimate of drug-likeness (QED) is 0.527. The predicted octanol–water partition coefficient (Wildman–Crippen LogP) is 2.30. The molecule has 8 nitrogen and oxygen atoms in total. The highest BCUT2D eigenvalue weighted by atomic mass is 16.5. The molecule has 8 heteroatoms. The van der Waals surface area contributed by atoms with Crippen molar-refractivity contribution < 1.29 is 23.9 Å². The van der Waals surface area contributed by atoms with Gasteiger partial charge in [0, 0.05) is 0 Å². The van der Waals surface area contributed by atoms with Crippen molar-refractivity contribution in [3.8, 4) is 0 Å². The van der Waals surface area contributed by atoms with Gasteiger partial charge in [-0.25, -0.2) is 4.79 Å². The van der Waals surface area contributed by atoms with Gasteiger partial charge in [-0.1, -0.05) is 54.4 Å². The molecule has 5 atom stereocenters. The Hall–Kier alpha value is -2.12. The third-order valence-corrected chi connectivity index (χ3v) is 5.63. The Balaban J connectivity index is 3.25. The summed E-state index contributed by atoms with van der Waals surface area (Å²) >= 11 is 0. The lowest BCUT2D eigenvalue weighted by atomic mass is 9.94. The minimum absolute atomic E-state index is 0.0228. The summed E-state index contributed by atoms with van der Waals surface area (Å²) in [4.78, 5) is 51.2. The molecule has 0 bridgehead atoms. The second-order valence-corrected chi connectivity index (χ2v) is 9.51. The van der Waals surface area contributed by atoms with Crippen molar-refractivity contribution in [1.29, 1.82) is 0 Å². The van der Waals surface area contributed by atoms with E-state index in [1.54, 1.807) is 6.92 Å². The van der Waals surface area contributed by atoms with Crippen molar-refractivity contribution in [1.82, 2.24) is 16.0 Å². The largest absolute Gasteiger partial charge is 0.460 e. The van der Waals surface area contributed by atoms with Crippen LogP contribution in [0, 0.1) is 17.8 Å². The fraction of sp³-hybridized carbons (Fsp3) is 0.826. The maximum Gasteiger partial charge on any atom is 0.328 e. The van der Waals surface area contributed by atoms with Gasteiger partial charge in [-0.3, -0.25) is 14.4 Å². The van der Waals surface area contributed by atoms with E-state index in [2.05, 4.69) is 22.9 Å². The molecule has 0 radical (unpaired) electrons. The maximum absolute atomic E-state index is 13.0. The number of ether oxygens (including phenoxy) is 1. The number of unbranched alkanes of at least 4 members (excludes halogenated alkanes) is 1. The molecule has 5 unspecified atom stereocenters. The Morgan fingerprint density at radius 1 is 0.968 bits per heavy atom. The lowest BCUT2D eigenvalue weighted by Gasteiger charge is -2.27. The number of hydrogen-bond acceptors (Lipinski definition) is 5. The van der Waals surface area contributed by atoms with E-state index in [1.807, 2.05) is 34.6 Å². The third kappa shape index (κ3) is 8.87. The van der Waals surface area contributed by atoms with Crippen molar-refractivity contribution in [2.24, 2.45) is 17.8 Å². The molecule has 1 aliphatic heterocycles. The lowest BCUT2D eigenvalue weighted by molar-refractivity contribution is -0.157. The van der Waals surface area contributed by atoms with E-state index >= 15 is 0 Å². The molecule has 1 rings (SSSR count). The Bertz CT molecular complexity index is 635. The van der Waals surface area contributed by atoms with Crippen LogP contribution in [0.15, 0.2) is 0 Å². The van der Waals surface area contributed by atoms with Crippen LogP contribution in [0.1, 0.15) is 80.6 Å². The van der Waals surface area contributed by atoms with Crippen molar-refractivity contribution in [3.05, 3.63) is 0 Å². The highest BCUT2D eigenvalue weighted by molar-refractivity contribution is 5.93. The first kappa shape index (κ1) is 26.9. The second kappa shape index (κ2) is 12.7. The number of carbonyl (C=O) groups is 4. The zero-order valence-electron chi connectivity index (χ0n) is 20.1. The molecule has 1 saturated heterocycles. The van der Waals surface area contributed by atoms with E-state index in [9.17, 15) is 19.2 Å². The molecule has 0 aromatic heterocycles. The molecular formula is C23H41N3O5. The first-order valence-electron chi connectivity index (χ1n) is 11.6. The summed E-state index contributed by atoms with van der Waals surface area (Å²) in [5.74, 6) is -1.82. The summed E-state index contributed by atoms with van der Waals surface area (Å²) in [7, 11) is 0. The van der Waals surface area contributed by atoms with Crippen LogP contribution >= 0.6 is 0 Å². The number of cyclic esters (lactones) is 1. The van der Waals surface area contributed by atoms with Gasteiger partial charge >= 0.3 is 5.97 Å². The van der Waals surface area contributed by atoms with E-state index in [1.165, 1.54) is 0 Å².